The lowest BCUT2D eigenvalue weighted by Gasteiger charge is -2.23. The van der Waals surface area contributed by atoms with E-state index in [1.165, 1.54) is 0 Å². The summed E-state index contributed by atoms with van der Waals surface area (Å²) < 4.78 is 5.64. The first-order valence-electron chi connectivity index (χ1n) is 6.44. The Kier molecular flexibility index (Phi) is 4.20. The van der Waals surface area contributed by atoms with Gasteiger partial charge in [0.1, 0.15) is 5.75 Å². The number of fused-ring (bicyclic) bond motifs is 1. The number of carbonyl (C=O) groups excluding carboxylic acids is 1. The summed E-state index contributed by atoms with van der Waals surface area (Å²) in [6.45, 7) is 3.91. The molecule has 0 radical (unpaired) electrons. The monoisotopic (exact) mass is 248 g/mol. The van der Waals surface area contributed by atoms with Crippen LogP contribution in [0.2, 0.25) is 0 Å². The van der Waals surface area contributed by atoms with Crippen LogP contribution in [-0.2, 0) is 4.79 Å². The number of nitrogens with two attached hydrogens (primary N) is 1. The van der Waals surface area contributed by atoms with Crippen molar-refractivity contribution in [2.45, 2.75) is 19.8 Å². The maximum atomic E-state index is 12.3. The maximum Gasteiger partial charge on any atom is 0.227 e. The summed E-state index contributed by atoms with van der Waals surface area (Å²) >= 11 is 0. The molecule has 0 aliphatic carbocycles. The average molecular weight is 248 g/mol. The van der Waals surface area contributed by atoms with Crippen molar-refractivity contribution in [2.75, 3.05) is 24.6 Å². The molecular formula is C14H20N2O2. The molecule has 1 aromatic rings. The zero-order valence-electron chi connectivity index (χ0n) is 10.8. The van der Waals surface area contributed by atoms with Gasteiger partial charge in [0.25, 0.3) is 0 Å². The van der Waals surface area contributed by atoms with Crippen LogP contribution in [0.5, 0.6) is 5.75 Å². The topological polar surface area (TPSA) is 55.6 Å². The van der Waals surface area contributed by atoms with Crippen LogP contribution in [0.4, 0.5) is 5.69 Å². The molecule has 0 fully saturated rings. The molecule has 0 aromatic heterocycles. The number of ether oxygens (including phenoxy) is 1. The summed E-state index contributed by atoms with van der Waals surface area (Å²) in [6, 6.07) is 7.70. The Hall–Kier alpha value is -1.55. The van der Waals surface area contributed by atoms with Crippen LogP contribution in [0.1, 0.15) is 19.8 Å². The maximum absolute atomic E-state index is 12.3. The van der Waals surface area contributed by atoms with Gasteiger partial charge in [0, 0.05) is 13.0 Å². The predicted octanol–water partition coefficient (Wildman–Crippen LogP) is 1.79. The van der Waals surface area contributed by atoms with E-state index >= 15 is 0 Å². The van der Waals surface area contributed by atoms with Crippen molar-refractivity contribution in [1.29, 1.82) is 0 Å². The molecule has 1 aliphatic heterocycles. The second kappa shape index (κ2) is 5.87. The zero-order valence-corrected chi connectivity index (χ0v) is 10.8. The standard InChI is InChI=1S/C14H20N2O2/c1-11(10-15)9-14(17)16-7-4-8-18-13-6-3-2-5-12(13)16/h2-3,5-6,11H,4,7-10,15H2,1H3. The van der Waals surface area contributed by atoms with Gasteiger partial charge in [0.05, 0.1) is 12.3 Å². The minimum Gasteiger partial charge on any atom is -0.491 e. The van der Waals surface area contributed by atoms with Crippen LogP contribution < -0.4 is 15.4 Å². The minimum absolute atomic E-state index is 0.130. The van der Waals surface area contributed by atoms with Gasteiger partial charge in [-0.25, -0.2) is 0 Å². The average Bonchev–Trinajstić information content (AvgIpc) is 2.60. The molecule has 4 heteroatoms. The first-order valence-corrected chi connectivity index (χ1v) is 6.44. The van der Waals surface area contributed by atoms with Crippen molar-refractivity contribution in [3.05, 3.63) is 24.3 Å². The summed E-state index contributed by atoms with van der Waals surface area (Å²) in [7, 11) is 0. The quantitative estimate of drug-likeness (QED) is 0.887. The van der Waals surface area contributed by atoms with Crippen LogP contribution in [0.25, 0.3) is 0 Å². The third kappa shape index (κ3) is 2.82. The molecule has 1 aliphatic rings. The highest BCUT2D eigenvalue weighted by Crippen LogP contribution is 2.31. The molecule has 18 heavy (non-hydrogen) atoms. The first kappa shape index (κ1) is 12.9. The molecule has 0 saturated heterocycles. The predicted molar refractivity (Wildman–Crippen MR) is 71.7 cm³/mol. The second-order valence-electron chi connectivity index (χ2n) is 4.76. The van der Waals surface area contributed by atoms with Gasteiger partial charge >= 0.3 is 0 Å². The first-order chi connectivity index (χ1) is 8.72. The number of amides is 1. The van der Waals surface area contributed by atoms with Gasteiger partial charge in [-0.2, -0.15) is 0 Å². The van der Waals surface area contributed by atoms with Gasteiger partial charge in [-0.3, -0.25) is 4.79 Å². The van der Waals surface area contributed by atoms with Crippen molar-refractivity contribution in [3.8, 4) is 5.75 Å². The van der Waals surface area contributed by atoms with E-state index in [-0.39, 0.29) is 11.8 Å². The van der Waals surface area contributed by atoms with E-state index in [1.807, 2.05) is 36.1 Å². The van der Waals surface area contributed by atoms with Gasteiger partial charge in [-0.15, -0.1) is 0 Å². The van der Waals surface area contributed by atoms with E-state index in [2.05, 4.69) is 0 Å². The summed E-state index contributed by atoms with van der Waals surface area (Å²) in [5.74, 6) is 1.14. The largest absolute Gasteiger partial charge is 0.491 e. The Morgan fingerprint density at radius 1 is 1.50 bits per heavy atom. The molecule has 1 atom stereocenters. The Balaban J connectivity index is 2.19. The van der Waals surface area contributed by atoms with Gasteiger partial charge in [-0.05, 0) is 31.0 Å². The van der Waals surface area contributed by atoms with Crippen LogP contribution >= 0.6 is 0 Å². The number of benzene rings is 1. The third-order valence-corrected chi connectivity index (χ3v) is 3.17. The summed E-state index contributed by atoms with van der Waals surface area (Å²) in [4.78, 5) is 14.1. The number of hydrogen-bond acceptors (Lipinski definition) is 3. The number of hydrogen-bond donors (Lipinski definition) is 1. The Labute approximate surface area is 108 Å². The third-order valence-electron chi connectivity index (χ3n) is 3.17. The normalized spacial score (nSPS) is 16.4. The Morgan fingerprint density at radius 3 is 3.06 bits per heavy atom. The van der Waals surface area contributed by atoms with Crippen LogP contribution in [0.3, 0.4) is 0 Å². The number of para-hydroxylation sites is 2. The molecule has 1 amide bonds. The summed E-state index contributed by atoms with van der Waals surface area (Å²) in [5, 5.41) is 0. The fourth-order valence-corrected chi connectivity index (χ4v) is 2.08. The lowest BCUT2D eigenvalue weighted by atomic mass is 10.1. The van der Waals surface area contributed by atoms with E-state index in [0.29, 0.717) is 26.1 Å². The Bertz CT molecular complexity index is 420. The van der Waals surface area contributed by atoms with Crippen molar-refractivity contribution in [1.82, 2.24) is 0 Å². The Morgan fingerprint density at radius 2 is 2.28 bits per heavy atom. The van der Waals surface area contributed by atoms with E-state index < -0.39 is 0 Å². The molecule has 0 saturated carbocycles. The van der Waals surface area contributed by atoms with Crippen molar-refractivity contribution in [2.24, 2.45) is 11.7 Å². The van der Waals surface area contributed by atoms with Gasteiger partial charge in [-0.1, -0.05) is 19.1 Å². The fraction of sp³-hybridized carbons (Fsp3) is 0.500. The van der Waals surface area contributed by atoms with Gasteiger partial charge in [0.2, 0.25) is 5.91 Å². The van der Waals surface area contributed by atoms with E-state index in [0.717, 1.165) is 17.9 Å². The molecule has 1 heterocycles. The molecule has 1 aromatic carbocycles. The van der Waals surface area contributed by atoms with Crippen molar-refractivity contribution >= 4 is 11.6 Å². The molecule has 0 bridgehead atoms. The van der Waals surface area contributed by atoms with Crippen LogP contribution in [0, 0.1) is 5.92 Å². The highest BCUT2D eigenvalue weighted by molar-refractivity contribution is 5.95. The molecule has 0 spiro atoms. The fourth-order valence-electron chi connectivity index (χ4n) is 2.08. The molecule has 2 N–H and O–H groups in total. The van der Waals surface area contributed by atoms with Crippen LogP contribution in [0.15, 0.2) is 24.3 Å². The molecule has 2 rings (SSSR count). The lowest BCUT2D eigenvalue weighted by Crippen LogP contribution is -2.33. The molecular weight excluding hydrogens is 228 g/mol. The summed E-state index contributed by atoms with van der Waals surface area (Å²) in [6.07, 6.45) is 1.35. The van der Waals surface area contributed by atoms with Crippen molar-refractivity contribution < 1.29 is 9.53 Å². The smallest absolute Gasteiger partial charge is 0.227 e. The molecule has 1 unspecified atom stereocenters. The lowest BCUT2D eigenvalue weighted by molar-refractivity contribution is -0.119. The number of nitrogens with zero attached hydrogens (tertiary/aromatic N) is 1. The molecule has 4 nitrogen and oxygen atoms in total. The number of rotatable bonds is 3. The zero-order chi connectivity index (χ0) is 13.0. The second-order valence-corrected chi connectivity index (χ2v) is 4.76. The highest BCUT2D eigenvalue weighted by atomic mass is 16.5. The summed E-state index contributed by atoms with van der Waals surface area (Å²) in [5.41, 5.74) is 6.46. The number of anilines is 1. The molecule has 98 valence electrons. The van der Waals surface area contributed by atoms with Gasteiger partial charge in [0.15, 0.2) is 0 Å². The van der Waals surface area contributed by atoms with E-state index in [1.54, 1.807) is 0 Å². The van der Waals surface area contributed by atoms with E-state index in [9.17, 15) is 4.79 Å². The highest BCUT2D eigenvalue weighted by Gasteiger charge is 2.22. The minimum atomic E-state index is 0.130. The van der Waals surface area contributed by atoms with Gasteiger partial charge < -0.3 is 15.4 Å². The van der Waals surface area contributed by atoms with Crippen LogP contribution in [-0.4, -0.2) is 25.6 Å². The van der Waals surface area contributed by atoms with Crippen molar-refractivity contribution in [3.63, 3.8) is 0 Å². The SMILES string of the molecule is CC(CN)CC(=O)N1CCCOc2ccccc21. The number of carbonyl (C=O) groups is 1. The van der Waals surface area contributed by atoms with E-state index in [4.69, 9.17) is 10.5 Å².